The summed E-state index contributed by atoms with van der Waals surface area (Å²) in [7, 11) is 0. The van der Waals surface area contributed by atoms with Crippen molar-refractivity contribution in [1.29, 1.82) is 0 Å². The molecule has 2 aliphatic carbocycles. The van der Waals surface area contributed by atoms with Crippen LogP contribution in [0.3, 0.4) is 0 Å². The molecule has 2 atom stereocenters. The first-order chi connectivity index (χ1) is 8.93. The second kappa shape index (κ2) is 3.73. The summed E-state index contributed by atoms with van der Waals surface area (Å²) in [6.07, 6.45) is 3.34. The fourth-order valence-corrected chi connectivity index (χ4v) is 3.10. The minimum absolute atomic E-state index is 0.668. The maximum absolute atomic E-state index is 3.51. The van der Waals surface area contributed by atoms with Crippen molar-refractivity contribution in [2.75, 3.05) is 0 Å². The molecule has 0 heteroatoms. The summed E-state index contributed by atoms with van der Waals surface area (Å²) >= 11 is 0. The van der Waals surface area contributed by atoms with Crippen molar-refractivity contribution in [1.82, 2.24) is 0 Å². The van der Waals surface area contributed by atoms with Crippen molar-refractivity contribution in [3.63, 3.8) is 0 Å². The van der Waals surface area contributed by atoms with Gasteiger partial charge in [0, 0.05) is 11.8 Å². The summed E-state index contributed by atoms with van der Waals surface area (Å²) in [4.78, 5) is 0. The number of fused-ring (bicyclic) bond motifs is 3. The molecule has 0 spiro atoms. The van der Waals surface area contributed by atoms with Crippen LogP contribution in [-0.2, 0) is 6.42 Å². The van der Waals surface area contributed by atoms with Gasteiger partial charge in [-0.05, 0) is 34.8 Å². The van der Waals surface area contributed by atoms with E-state index in [4.69, 9.17) is 0 Å². The number of hydrogen-bond donors (Lipinski definition) is 0. The molecule has 18 heavy (non-hydrogen) atoms. The van der Waals surface area contributed by atoms with Crippen LogP contribution >= 0.6 is 0 Å². The highest BCUT2D eigenvalue weighted by molar-refractivity contribution is 5.58. The molecule has 0 saturated heterocycles. The van der Waals surface area contributed by atoms with Gasteiger partial charge in [0.2, 0.25) is 0 Å². The van der Waals surface area contributed by atoms with Crippen LogP contribution in [0.15, 0.2) is 65.9 Å². The monoisotopic (exact) mass is 230 g/mol. The highest BCUT2D eigenvalue weighted by atomic mass is 14.5. The van der Waals surface area contributed by atoms with E-state index in [0.717, 1.165) is 5.92 Å². The minimum Gasteiger partial charge on any atom is -0.120 e. The Labute approximate surface area is 107 Å². The number of rotatable bonds is 1. The predicted molar refractivity (Wildman–Crippen MR) is 74.3 cm³/mol. The molecular weight excluding hydrogens is 216 g/mol. The number of hydrogen-bond acceptors (Lipinski definition) is 0. The van der Waals surface area contributed by atoms with Gasteiger partial charge in [-0.1, -0.05) is 54.6 Å². The Morgan fingerprint density at radius 3 is 2.61 bits per heavy atom. The molecule has 2 aromatic rings. The normalized spacial score (nSPS) is 23.0. The van der Waals surface area contributed by atoms with Gasteiger partial charge in [0.25, 0.3) is 0 Å². The Bertz CT molecular complexity index is 657. The van der Waals surface area contributed by atoms with E-state index in [1.807, 2.05) is 6.07 Å². The number of benzene rings is 2. The van der Waals surface area contributed by atoms with Crippen molar-refractivity contribution in [3.8, 4) is 0 Å². The first-order valence-corrected chi connectivity index (χ1v) is 6.53. The van der Waals surface area contributed by atoms with Crippen molar-refractivity contribution in [2.45, 2.75) is 12.3 Å². The zero-order valence-electron chi connectivity index (χ0n) is 10.1. The van der Waals surface area contributed by atoms with E-state index >= 15 is 0 Å². The van der Waals surface area contributed by atoms with E-state index in [2.05, 4.69) is 60.3 Å². The predicted octanol–water partition coefficient (Wildman–Crippen LogP) is 4.19. The zero-order chi connectivity index (χ0) is 11.9. The SMILES string of the molecule is C(=Cc1ccccc1)=C1C2Cc3ccccc3C12. The first-order valence-electron chi connectivity index (χ1n) is 6.53. The molecule has 1 saturated carbocycles. The van der Waals surface area contributed by atoms with Crippen LogP contribution in [0.1, 0.15) is 22.6 Å². The lowest BCUT2D eigenvalue weighted by molar-refractivity contribution is 0.882. The molecule has 0 bridgehead atoms. The molecule has 2 aliphatic rings. The lowest BCUT2D eigenvalue weighted by Crippen LogP contribution is -1.85. The summed E-state index contributed by atoms with van der Waals surface area (Å²) in [5, 5.41) is 0. The van der Waals surface area contributed by atoms with Crippen LogP contribution in [0.2, 0.25) is 0 Å². The van der Waals surface area contributed by atoms with Gasteiger partial charge in [-0.2, -0.15) is 0 Å². The van der Waals surface area contributed by atoms with Gasteiger partial charge >= 0.3 is 0 Å². The Morgan fingerprint density at radius 1 is 0.944 bits per heavy atom. The van der Waals surface area contributed by atoms with Crippen molar-refractivity contribution in [2.24, 2.45) is 5.92 Å². The molecule has 0 heterocycles. The average molecular weight is 230 g/mol. The molecule has 2 unspecified atom stereocenters. The quantitative estimate of drug-likeness (QED) is 0.644. The van der Waals surface area contributed by atoms with E-state index in [0.29, 0.717) is 5.92 Å². The van der Waals surface area contributed by atoms with Gasteiger partial charge in [0.1, 0.15) is 0 Å². The third-order valence-electron chi connectivity index (χ3n) is 4.06. The van der Waals surface area contributed by atoms with Gasteiger partial charge in [0.05, 0.1) is 0 Å². The van der Waals surface area contributed by atoms with Crippen LogP contribution in [-0.4, -0.2) is 0 Å². The largest absolute Gasteiger partial charge is 0.120 e. The fraction of sp³-hybridized carbons (Fsp3) is 0.167. The van der Waals surface area contributed by atoms with Gasteiger partial charge in [-0.25, -0.2) is 0 Å². The van der Waals surface area contributed by atoms with Crippen LogP contribution < -0.4 is 0 Å². The Morgan fingerprint density at radius 2 is 1.72 bits per heavy atom. The lowest BCUT2D eigenvalue weighted by Gasteiger charge is -2.00. The molecule has 0 aromatic heterocycles. The Hall–Kier alpha value is -2.04. The fourth-order valence-electron chi connectivity index (χ4n) is 3.10. The molecule has 2 aromatic carbocycles. The molecular formula is C18H14. The third kappa shape index (κ3) is 1.47. The molecule has 0 amide bonds. The smallest absolute Gasteiger partial charge is 0.0205 e. The molecule has 4 rings (SSSR count). The van der Waals surface area contributed by atoms with E-state index < -0.39 is 0 Å². The maximum Gasteiger partial charge on any atom is 0.0205 e. The molecule has 0 N–H and O–H groups in total. The topological polar surface area (TPSA) is 0 Å². The highest BCUT2D eigenvalue weighted by Crippen LogP contribution is 2.60. The second-order valence-electron chi connectivity index (χ2n) is 5.14. The molecule has 86 valence electrons. The highest BCUT2D eigenvalue weighted by Gasteiger charge is 2.50. The Kier molecular flexibility index (Phi) is 2.06. The van der Waals surface area contributed by atoms with Crippen LogP contribution in [0.5, 0.6) is 0 Å². The van der Waals surface area contributed by atoms with Gasteiger partial charge in [-0.15, -0.1) is 5.73 Å². The Balaban J connectivity index is 1.67. The minimum atomic E-state index is 0.668. The van der Waals surface area contributed by atoms with Gasteiger partial charge in [-0.3, -0.25) is 0 Å². The first kappa shape index (κ1) is 9.94. The van der Waals surface area contributed by atoms with Crippen molar-refractivity contribution < 1.29 is 0 Å². The van der Waals surface area contributed by atoms with E-state index in [1.54, 1.807) is 0 Å². The molecule has 0 nitrogen and oxygen atoms in total. The van der Waals surface area contributed by atoms with Crippen LogP contribution in [0.4, 0.5) is 0 Å². The molecule has 0 aliphatic heterocycles. The summed E-state index contributed by atoms with van der Waals surface area (Å²) < 4.78 is 0. The molecule has 0 radical (unpaired) electrons. The third-order valence-corrected chi connectivity index (χ3v) is 4.06. The van der Waals surface area contributed by atoms with E-state index in [9.17, 15) is 0 Å². The van der Waals surface area contributed by atoms with Crippen LogP contribution in [0.25, 0.3) is 6.08 Å². The maximum atomic E-state index is 3.51. The van der Waals surface area contributed by atoms with Crippen LogP contribution in [0, 0.1) is 5.92 Å². The summed E-state index contributed by atoms with van der Waals surface area (Å²) in [5.41, 5.74) is 9.32. The number of allylic oxidation sites excluding steroid dienone is 1. The average Bonchev–Trinajstić information content (AvgIpc) is 2.97. The zero-order valence-corrected chi connectivity index (χ0v) is 10.1. The second-order valence-corrected chi connectivity index (χ2v) is 5.14. The van der Waals surface area contributed by atoms with E-state index in [1.165, 1.54) is 28.7 Å². The van der Waals surface area contributed by atoms with Gasteiger partial charge < -0.3 is 0 Å². The standard InChI is InChI=1S/C18H14/c1-2-6-13(7-3-1)10-11-16-17-12-14-8-4-5-9-15(14)18(16)17/h1-10,17-18H,12H2. The summed E-state index contributed by atoms with van der Waals surface area (Å²) in [6, 6.07) is 19.3. The summed E-state index contributed by atoms with van der Waals surface area (Å²) in [5.74, 6) is 1.41. The molecule has 1 fully saturated rings. The van der Waals surface area contributed by atoms with E-state index in [-0.39, 0.29) is 0 Å². The lowest BCUT2D eigenvalue weighted by atomic mass is 10.1. The summed E-state index contributed by atoms with van der Waals surface area (Å²) in [6.45, 7) is 0. The van der Waals surface area contributed by atoms with Crippen molar-refractivity contribution >= 4 is 6.08 Å². The van der Waals surface area contributed by atoms with Crippen molar-refractivity contribution in [3.05, 3.63) is 82.6 Å². The van der Waals surface area contributed by atoms with Gasteiger partial charge in [0.15, 0.2) is 0 Å².